The Balaban J connectivity index is 1.83. The molecule has 4 rings (SSSR count). The molecular formula is C23H24N4O3. The van der Waals surface area contributed by atoms with Gasteiger partial charge in [0.25, 0.3) is 11.7 Å². The number of nitrogens with one attached hydrogen (secondary N) is 1. The van der Waals surface area contributed by atoms with Crippen LogP contribution in [0.3, 0.4) is 0 Å². The molecule has 0 unspecified atom stereocenters. The van der Waals surface area contributed by atoms with Gasteiger partial charge in [0.05, 0.1) is 11.3 Å². The molecule has 3 aromatic rings. The van der Waals surface area contributed by atoms with E-state index < -0.39 is 17.7 Å². The molecule has 1 saturated heterocycles. The van der Waals surface area contributed by atoms with Crippen molar-refractivity contribution in [3.05, 3.63) is 71.7 Å². The highest BCUT2D eigenvalue weighted by Crippen LogP contribution is 2.39. The minimum atomic E-state index is -0.720. The zero-order chi connectivity index (χ0) is 21.3. The molecule has 0 spiro atoms. The number of aromatic nitrogens is 2. The Kier molecular flexibility index (Phi) is 5.37. The highest BCUT2D eigenvalue weighted by molar-refractivity contribution is 6.46. The third kappa shape index (κ3) is 3.48. The van der Waals surface area contributed by atoms with E-state index in [2.05, 4.69) is 9.97 Å². The van der Waals surface area contributed by atoms with Crippen LogP contribution in [0.4, 0.5) is 0 Å². The molecule has 0 saturated carbocycles. The smallest absolute Gasteiger partial charge is 0.295 e. The van der Waals surface area contributed by atoms with Crippen molar-refractivity contribution in [3.63, 3.8) is 0 Å². The van der Waals surface area contributed by atoms with Crippen molar-refractivity contribution in [1.29, 1.82) is 0 Å². The van der Waals surface area contributed by atoms with Gasteiger partial charge >= 0.3 is 0 Å². The second kappa shape index (κ2) is 8.12. The Bertz CT molecular complexity index is 1120. The normalized spacial score (nSPS) is 18.6. The molecule has 1 aliphatic heterocycles. The van der Waals surface area contributed by atoms with Gasteiger partial charge in [0.15, 0.2) is 0 Å². The molecule has 1 fully saturated rings. The lowest BCUT2D eigenvalue weighted by molar-refractivity contribution is -0.140. The second-order valence-corrected chi connectivity index (χ2v) is 7.65. The first-order chi connectivity index (χ1) is 14.5. The first-order valence-corrected chi connectivity index (χ1v) is 9.89. The van der Waals surface area contributed by atoms with E-state index in [0.29, 0.717) is 24.2 Å². The van der Waals surface area contributed by atoms with Crippen molar-refractivity contribution in [3.8, 4) is 0 Å². The van der Waals surface area contributed by atoms with Gasteiger partial charge in [-0.2, -0.15) is 0 Å². The highest BCUT2D eigenvalue weighted by atomic mass is 16.3. The van der Waals surface area contributed by atoms with Crippen molar-refractivity contribution in [2.45, 2.75) is 12.5 Å². The number of hydrogen-bond donors (Lipinski definition) is 2. The number of hydrogen-bond acceptors (Lipinski definition) is 5. The van der Waals surface area contributed by atoms with Crippen LogP contribution >= 0.6 is 0 Å². The number of carbonyl (C=O) groups excluding carboxylic acids is 2. The van der Waals surface area contributed by atoms with Crippen molar-refractivity contribution in [2.24, 2.45) is 0 Å². The van der Waals surface area contributed by atoms with E-state index in [1.807, 2.05) is 49.3 Å². The summed E-state index contributed by atoms with van der Waals surface area (Å²) < 4.78 is 0. The number of rotatable bonds is 6. The Morgan fingerprint density at radius 1 is 1.17 bits per heavy atom. The van der Waals surface area contributed by atoms with Gasteiger partial charge in [-0.05, 0) is 45.3 Å². The van der Waals surface area contributed by atoms with Gasteiger partial charge in [0.1, 0.15) is 11.8 Å². The second-order valence-electron chi connectivity index (χ2n) is 7.65. The summed E-state index contributed by atoms with van der Waals surface area (Å²) in [6.45, 7) is 1.18. The first kappa shape index (κ1) is 19.8. The summed E-state index contributed by atoms with van der Waals surface area (Å²) in [6, 6.07) is 12.2. The topological polar surface area (TPSA) is 89.5 Å². The molecule has 1 amide bonds. The zero-order valence-corrected chi connectivity index (χ0v) is 17.0. The molecule has 2 aromatic heterocycles. The molecular weight excluding hydrogens is 380 g/mol. The SMILES string of the molecule is CN(C)CCCN1C(=O)C(=O)C(=C(O)c2c[nH]c3ccccc23)[C@@H]1c1ccccn1. The van der Waals surface area contributed by atoms with E-state index in [0.717, 1.165) is 17.4 Å². The number of amides is 1. The fourth-order valence-electron chi connectivity index (χ4n) is 3.93. The summed E-state index contributed by atoms with van der Waals surface area (Å²) in [5.41, 5.74) is 1.97. The van der Waals surface area contributed by atoms with E-state index in [-0.39, 0.29) is 11.3 Å². The number of Topliss-reactive ketones (excluding diaryl/α,β-unsaturated/α-hetero) is 1. The van der Waals surface area contributed by atoms with Crippen LogP contribution in [-0.2, 0) is 9.59 Å². The quantitative estimate of drug-likeness (QED) is 0.375. The minimum absolute atomic E-state index is 0.0771. The van der Waals surface area contributed by atoms with E-state index in [4.69, 9.17) is 0 Å². The first-order valence-electron chi connectivity index (χ1n) is 9.89. The van der Waals surface area contributed by atoms with Crippen molar-refractivity contribution in [2.75, 3.05) is 27.2 Å². The molecule has 0 radical (unpaired) electrons. The number of benzene rings is 1. The molecule has 7 nitrogen and oxygen atoms in total. The van der Waals surface area contributed by atoms with Crippen molar-refractivity contribution in [1.82, 2.24) is 19.8 Å². The number of aromatic amines is 1. The number of pyridine rings is 1. The fourth-order valence-corrected chi connectivity index (χ4v) is 3.93. The molecule has 0 aliphatic carbocycles. The summed E-state index contributed by atoms with van der Waals surface area (Å²) in [6.07, 6.45) is 3.99. The average molecular weight is 404 g/mol. The molecule has 3 heterocycles. The van der Waals surface area contributed by atoms with Gasteiger partial charge in [0.2, 0.25) is 0 Å². The number of ketones is 1. The number of fused-ring (bicyclic) bond motifs is 1. The number of carbonyl (C=O) groups is 2. The maximum Gasteiger partial charge on any atom is 0.295 e. The summed E-state index contributed by atoms with van der Waals surface area (Å²) >= 11 is 0. The lowest BCUT2D eigenvalue weighted by atomic mass is 9.98. The van der Waals surface area contributed by atoms with E-state index in [1.54, 1.807) is 24.5 Å². The third-order valence-electron chi connectivity index (χ3n) is 5.36. The van der Waals surface area contributed by atoms with Gasteiger partial charge in [-0.15, -0.1) is 0 Å². The van der Waals surface area contributed by atoms with Gasteiger partial charge in [-0.3, -0.25) is 14.6 Å². The van der Waals surface area contributed by atoms with Gasteiger partial charge < -0.3 is 19.9 Å². The maximum absolute atomic E-state index is 13.0. The number of para-hydroxylation sites is 1. The van der Waals surface area contributed by atoms with Gasteiger partial charge in [-0.1, -0.05) is 24.3 Å². The number of H-pyrrole nitrogens is 1. The molecule has 1 aliphatic rings. The number of likely N-dealkylation sites (tertiary alicyclic amines) is 1. The molecule has 154 valence electrons. The summed E-state index contributed by atoms with van der Waals surface area (Å²) in [5, 5.41) is 12.0. The zero-order valence-electron chi connectivity index (χ0n) is 17.0. The van der Waals surface area contributed by atoms with Crippen molar-refractivity contribution >= 4 is 28.4 Å². The van der Waals surface area contributed by atoms with E-state index in [9.17, 15) is 14.7 Å². The standard InChI is InChI=1S/C23H24N4O3/c1-26(2)12-7-13-27-20(18-10-5-6-11-24-18)19(22(29)23(27)30)21(28)16-14-25-17-9-4-3-8-15(16)17/h3-6,8-11,14,20,25,28H,7,12-13H2,1-2H3/t20-/m0/s1. The Morgan fingerprint density at radius 2 is 1.93 bits per heavy atom. The predicted octanol–water partition coefficient (Wildman–Crippen LogP) is 2.94. The minimum Gasteiger partial charge on any atom is -0.507 e. The number of nitrogens with zero attached hydrogens (tertiary/aromatic N) is 3. The molecule has 0 bridgehead atoms. The largest absolute Gasteiger partial charge is 0.507 e. The van der Waals surface area contributed by atoms with Crippen LogP contribution in [0.5, 0.6) is 0 Å². The summed E-state index contributed by atoms with van der Waals surface area (Å²) in [7, 11) is 3.92. The van der Waals surface area contributed by atoms with Crippen LogP contribution in [0.2, 0.25) is 0 Å². The van der Waals surface area contributed by atoms with Crippen LogP contribution < -0.4 is 0 Å². The van der Waals surface area contributed by atoms with E-state index >= 15 is 0 Å². The van der Waals surface area contributed by atoms with Gasteiger partial charge in [-0.25, -0.2) is 0 Å². The Labute approximate surface area is 174 Å². The highest BCUT2D eigenvalue weighted by Gasteiger charge is 2.46. The summed E-state index contributed by atoms with van der Waals surface area (Å²) in [4.78, 5) is 37.0. The fraction of sp³-hybridized carbons (Fsp3) is 0.261. The maximum atomic E-state index is 13.0. The van der Waals surface area contributed by atoms with E-state index in [1.165, 1.54) is 4.90 Å². The third-order valence-corrected chi connectivity index (χ3v) is 5.36. The Hall–Kier alpha value is -3.45. The number of aliphatic hydroxyl groups excluding tert-OH is 1. The molecule has 30 heavy (non-hydrogen) atoms. The monoisotopic (exact) mass is 404 g/mol. The van der Waals surface area contributed by atoms with Crippen LogP contribution in [0, 0.1) is 0 Å². The number of aliphatic hydroxyl groups is 1. The molecule has 1 atom stereocenters. The van der Waals surface area contributed by atoms with Crippen LogP contribution in [0.25, 0.3) is 16.7 Å². The predicted molar refractivity (Wildman–Crippen MR) is 115 cm³/mol. The average Bonchev–Trinajstić information content (AvgIpc) is 3.28. The van der Waals surface area contributed by atoms with Gasteiger partial charge in [0, 0.05) is 35.4 Å². The summed E-state index contributed by atoms with van der Waals surface area (Å²) in [5.74, 6) is -1.47. The van der Waals surface area contributed by atoms with Crippen LogP contribution in [0.15, 0.2) is 60.4 Å². The van der Waals surface area contributed by atoms with Crippen LogP contribution in [-0.4, -0.2) is 63.7 Å². The lowest BCUT2D eigenvalue weighted by Crippen LogP contribution is -2.32. The molecule has 1 aromatic carbocycles. The lowest BCUT2D eigenvalue weighted by Gasteiger charge is -2.25. The molecule has 2 N–H and O–H groups in total. The Morgan fingerprint density at radius 3 is 2.67 bits per heavy atom. The molecule has 7 heteroatoms. The van der Waals surface area contributed by atoms with Crippen molar-refractivity contribution < 1.29 is 14.7 Å². The van der Waals surface area contributed by atoms with Crippen LogP contribution in [0.1, 0.15) is 23.7 Å².